The molecule has 0 spiro atoms. The molecule has 0 aromatic heterocycles. The average molecular weight is 247 g/mol. The third-order valence-corrected chi connectivity index (χ3v) is 3.47. The van der Waals surface area contributed by atoms with E-state index in [0.29, 0.717) is 6.54 Å². The van der Waals surface area contributed by atoms with Crippen LogP contribution < -0.4 is 16.0 Å². The monoisotopic (exact) mass is 247 g/mol. The molecule has 1 saturated heterocycles. The molecule has 0 bridgehead atoms. The Hall–Kier alpha value is -1.55. The number of amides is 2. The minimum absolute atomic E-state index is 0.0803. The van der Waals surface area contributed by atoms with Crippen LogP contribution in [-0.2, 0) is 5.54 Å². The van der Waals surface area contributed by atoms with Crippen LogP contribution in [0.25, 0.3) is 0 Å². The number of carbonyl (C=O) groups excluding carboxylic acids is 1. The zero-order valence-corrected chi connectivity index (χ0v) is 10.8. The van der Waals surface area contributed by atoms with E-state index in [1.54, 1.807) is 0 Å². The first kappa shape index (κ1) is 12.9. The van der Waals surface area contributed by atoms with Crippen molar-refractivity contribution in [1.82, 2.24) is 16.0 Å². The molecule has 0 unspecified atom stereocenters. The highest BCUT2D eigenvalue weighted by molar-refractivity contribution is 5.75. The summed E-state index contributed by atoms with van der Waals surface area (Å²) >= 11 is 0. The van der Waals surface area contributed by atoms with Gasteiger partial charge in [0.1, 0.15) is 0 Å². The number of hydrogen-bond donors (Lipinski definition) is 3. The van der Waals surface area contributed by atoms with Gasteiger partial charge in [0, 0.05) is 6.54 Å². The van der Waals surface area contributed by atoms with Gasteiger partial charge in [-0.1, -0.05) is 30.3 Å². The number of carbonyl (C=O) groups is 1. The van der Waals surface area contributed by atoms with Gasteiger partial charge >= 0.3 is 6.03 Å². The molecule has 4 nitrogen and oxygen atoms in total. The van der Waals surface area contributed by atoms with Crippen LogP contribution >= 0.6 is 0 Å². The molecule has 0 radical (unpaired) electrons. The van der Waals surface area contributed by atoms with Gasteiger partial charge in [-0.05, 0) is 38.4 Å². The number of benzene rings is 1. The van der Waals surface area contributed by atoms with Crippen LogP contribution in [0.3, 0.4) is 0 Å². The van der Waals surface area contributed by atoms with Crippen molar-refractivity contribution in [3.8, 4) is 0 Å². The van der Waals surface area contributed by atoms with Gasteiger partial charge in [-0.25, -0.2) is 4.79 Å². The van der Waals surface area contributed by atoms with Crippen molar-refractivity contribution in [2.45, 2.75) is 25.3 Å². The summed E-state index contributed by atoms with van der Waals surface area (Å²) in [5.74, 6) is 0. The van der Waals surface area contributed by atoms with Gasteiger partial charge in [0.25, 0.3) is 0 Å². The van der Waals surface area contributed by atoms with Gasteiger partial charge in [0.05, 0.1) is 5.54 Å². The first-order valence-corrected chi connectivity index (χ1v) is 6.59. The predicted octanol–water partition coefficient (Wildman–Crippen LogP) is 1.58. The van der Waals surface area contributed by atoms with Crippen molar-refractivity contribution in [3.05, 3.63) is 35.9 Å². The standard InChI is InChI=1S/C14H21N3O/c1-2-16-13(18)17-14(8-10-15-11-9-14)12-6-4-3-5-7-12/h3-7,15H,2,8-11H2,1H3,(H2,16,17,18). The first-order valence-electron chi connectivity index (χ1n) is 6.59. The molecule has 1 heterocycles. The normalized spacial score (nSPS) is 18.1. The summed E-state index contributed by atoms with van der Waals surface area (Å²) in [6.07, 6.45) is 1.85. The lowest BCUT2D eigenvalue weighted by Gasteiger charge is -2.39. The highest BCUT2D eigenvalue weighted by Crippen LogP contribution is 2.30. The minimum atomic E-state index is -0.230. The fourth-order valence-electron chi connectivity index (χ4n) is 2.52. The smallest absolute Gasteiger partial charge is 0.315 e. The Kier molecular flexibility index (Phi) is 4.20. The van der Waals surface area contributed by atoms with Crippen molar-refractivity contribution >= 4 is 6.03 Å². The maximum atomic E-state index is 11.8. The van der Waals surface area contributed by atoms with Crippen molar-refractivity contribution in [1.29, 1.82) is 0 Å². The molecule has 1 aliphatic rings. The molecule has 98 valence electrons. The lowest BCUT2D eigenvalue weighted by molar-refractivity contribution is 0.207. The second kappa shape index (κ2) is 5.87. The molecule has 2 rings (SSSR count). The summed E-state index contributed by atoms with van der Waals surface area (Å²) in [6, 6.07) is 10.2. The second-order valence-corrected chi connectivity index (χ2v) is 4.68. The van der Waals surface area contributed by atoms with E-state index in [-0.39, 0.29) is 11.6 Å². The molecule has 0 aliphatic carbocycles. The Balaban J connectivity index is 2.20. The molecule has 0 saturated carbocycles. The van der Waals surface area contributed by atoms with Crippen molar-refractivity contribution in [2.24, 2.45) is 0 Å². The highest BCUT2D eigenvalue weighted by Gasteiger charge is 2.35. The number of urea groups is 1. The van der Waals surface area contributed by atoms with Gasteiger partial charge in [-0.3, -0.25) is 0 Å². The Labute approximate surface area is 108 Å². The third kappa shape index (κ3) is 2.82. The van der Waals surface area contributed by atoms with Crippen LogP contribution in [0.1, 0.15) is 25.3 Å². The van der Waals surface area contributed by atoms with Crippen LogP contribution in [-0.4, -0.2) is 25.7 Å². The van der Waals surface area contributed by atoms with E-state index in [0.717, 1.165) is 25.9 Å². The molecule has 1 fully saturated rings. The molecule has 0 atom stereocenters. The zero-order valence-electron chi connectivity index (χ0n) is 10.8. The molecular formula is C14H21N3O. The number of rotatable bonds is 3. The van der Waals surface area contributed by atoms with Crippen molar-refractivity contribution in [3.63, 3.8) is 0 Å². The van der Waals surface area contributed by atoms with Crippen molar-refractivity contribution in [2.75, 3.05) is 19.6 Å². The Morgan fingerprint density at radius 3 is 2.56 bits per heavy atom. The van der Waals surface area contributed by atoms with Crippen LogP contribution in [0.15, 0.2) is 30.3 Å². The van der Waals surface area contributed by atoms with Crippen LogP contribution in [0.4, 0.5) is 4.79 Å². The van der Waals surface area contributed by atoms with E-state index in [1.165, 1.54) is 5.56 Å². The van der Waals surface area contributed by atoms with Crippen LogP contribution in [0, 0.1) is 0 Å². The molecule has 3 N–H and O–H groups in total. The fraction of sp³-hybridized carbons (Fsp3) is 0.500. The number of nitrogens with one attached hydrogen (secondary N) is 3. The lowest BCUT2D eigenvalue weighted by Crippen LogP contribution is -2.54. The highest BCUT2D eigenvalue weighted by atomic mass is 16.2. The Bertz CT molecular complexity index is 385. The van der Waals surface area contributed by atoms with E-state index < -0.39 is 0 Å². The summed E-state index contributed by atoms with van der Waals surface area (Å²) in [6.45, 7) is 4.44. The average Bonchev–Trinajstić information content (AvgIpc) is 2.41. The molecular weight excluding hydrogens is 226 g/mol. The minimum Gasteiger partial charge on any atom is -0.338 e. The van der Waals surface area contributed by atoms with Crippen LogP contribution in [0.5, 0.6) is 0 Å². The number of piperidine rings is 1. The van der Waals surface area contributed by atoms with Gasteiger partial charge in [-0.15, -0.1) is 0 Å². The van der Waals surface area contributed by atoms with Gasteiger partial charge in [0.15, 0.2) is 0 Å². The fourth-order valence-corrected chi connectivity index (χ4v) is 2.52. The SMILES string of the molecule is CCNC(=O)NC1(c2ccccc2)CCNCC1. The molecule has 18 heavy (non-hydrogen) atoms. The van der Waals surface area contributed by atoms with E-state index >= 15 is 0 Å². The topological polar surface area (TPSA) is 53.2 Å². The van der Waals surface area contributed by atoms with Gasteiger partial charge in [0.2, 0.25) is 0 Å². The number of hydrogen-bond acceptors (Lipinski definition) is 2. The van der Waals surface area contributed by atoms with E-state index in [2.05, 4.69) is 28.1 Å². The largest absolute Gasteiger partial charge is 0.338 e. The summed E-state index contributed by atoms with van der Waals surface area (Å²) in [5, 5.41) is 9.32. The Morgan fingerprint density at radius 1 is 1.28 bits per heavy atom. The summed E-state index contributed by atoms with van der Waals surface area (Å²) in [5.41, 5.74) is 0.962. The summed E-state index contributed by atoms with van der Waals surface area (Å²) in [7, 11) is 0. The van der Waals surface area contributed by atoms with Crippen LogP contribution in [0.2, 0.25) is 0 Å². The second-order valence-electron chi connectivity index (χ2n) is 4.68. The molecule has 1 aromatic rings. The summed E-state index contributed by atoms with van der Waals surface area (Å²) in [4.78, 5) is 11.8. The first-order chi connectivity index (χ1) is 8.77. The summed E-state index contributed by atoms with van der Waals surface area (Å²) < 4.78 is 0. The van der Waals surface area contributed by atoms with E-state index in [1.807, 2.05) is 25.1 Å². The maximum absolute atomic E-state index is 11.8. The molecule has 4 heteroatoms. The molecule has 2 amide bonds. The predicted molar refractivity (Wildman–Crippen MR) is 72.4 cm³/mol. The van der Waals surface area contributed by atoms with E-state index in [9.17, 15) is 4.79 Å². The van der Waals surface area contributed by atoms with E-state index in [4.69, 9.17) is 0 Å². The lowest BCUT2D eigenvalue weighted by atomic mass is 9.81. The zero-order chi connectivity index (χ0) is 12.8. The third-order valence-electron chi connectivity index (χ3n) is 3.47. The van der Waals surface area contributed by atoms with Gasteiger partial charge in [-0.2, -0.15) is 0 Å². The molecule has 1 aromatic carbocycles. The van der Waals surface area contributed by atoms with Crippen molar-refractivity contribution < 1.29 is 4.79 Å². The molecule has 1 aliphatic heterocycles. The Morgan fingerprint density at radius 2 is 1.94 bits per heavy atom. The maximum Gasteiger partial charge on any atom is 0.315 e. The van der Waals surface area contributed by atoms with Gasteiger partial charge < -0.3 is 16.0 Å². The quantitative estimate of drug-likeness (QED) is 0.759.